The Bertz CT molecular complexity index is 1460. The van der Waals surface area contributed by atoms with Crippen LogP contribution in [-0.2, 0) is 24.8 Å². The molecule has 0 aliphatic rings. The van der Waals surface area contributed by atoms with E-state index in [9.17, 15) is 21.6 Å². The smallest absolute Gasteiger partial charge is 0.261 e. The molecule has 0 atom stereocenters. The molecular formula is C23H22Cl3N3O5S2. The van der Waals surface area contributed by atoms with E-state index in [0.717, 1.165) is 6.26 Å². The highest BCUT2D eigenvalue weighted by Gasteiger charge is 2.19. The van der Waals surface area contributed by atoms with Crippen molar-refractivity contribution < 1.29 is 21.6 Å². The Morgan fingerprint density at radius 1 is 0.889 bits per heavy atom. The number of nitrogens with zero attached hydrogens (tertiary/aromatic N) is 1. The number of benzene rings is 3. The third-order valence-electron chi connectivity index (χ3n) is 4.89. The van der Waals surface area contributed by atoms with Crippen molar-refractivity contribution in [3.8, 4) is 0 Å². The summed E-state index contributed by atoms with van der Waals surface area (Å²) in [4.78, 5) is 12.3. The van der Waals surface area contributed by atoms with Crippen molar-refractivity contribution in [2.75, 3.05) is 27.1 Å². The Labute approximate surface area is 225 Å². The zero-order chi connectivity index (χ0) is 26.5. The summed E-state index contributed by atoms with van der Waals surface area (Å²) in [6.45, 7) is 0.0860. The molecule has 36 heavy (non-hydrogen) atoms. The number of sulfonamides is 2. The van der Waals surface area contributed by atoms with Gasteiger partial charge in [0.05, 0.1) is 27.5 Å². The molecule has 2 N–H and O–H groups in total. The highest BCUT2D eigenvalue weighted by atomic mass is 35.5. The van der Waals surface area contributed by atoms with E-state index in [2.05, 4.69) is 10.0 Å². The molecular weight excluding hydrogens is 569 g/mol. The number of rotatable bonds is 10. The van der Waals surface area contributed by atoms with Crippen LogP contribution in [0.4, 0.5) is 17.1 Å². The Balaban J connectivity index is 1.58. The molecule has 0 aliphatic carbocycles. The Kier molecular flexibility index (Phi) is 9.13. The summed E-state index contributed by atoms with van der Waals surface area (Å²) in [6, 6.07) is 16.4. The second kappa shape index (κ2) is 11.7. The van der Waals surface area contributed by atoms with Crippen LogP contribution < -0.4 is 14.3 Å². The Hall–Kier alpha value is -2.50. The van der Waals surface area contributed by atoms with Crippen LogP contribution in [0, 0.1) is 0 Å². The first-order valence-corrected chi connectivity index (χ1v) is 14.9. The van der Waals surface area contributed by atoms with Gasteiger partial charge in [-0.15, -0.1) is 0 Å². The van der Waals surface area contributed by atoms with Crippen LogP contribution in [0.5, 0.6) is 0 Å². The van der Waals surface area contributed by atoms with Gasteiger partial charge < -0.3 is 5.32 Å². The van der Waals surface area contributed by atoms with Gasteiger partial charge in [0.15, 0.2) is 0 Å². The van der Waals surface area contributed by atoms with Crippen LogP contribution in [-0.4, -0.2) is 35.5 Å². The van der Waals surface area contributed by atoms with Gasteiger partial charge in [-0.05, 0) is 67.1 Å². The molecule has 0 unspecified atom stereocenters. The number of carbonyl (C=O) groups excluding carboxylic acids is 1. The highest BCUT2D eigenvalue weighted by molar-refractivity contribution is 7.92. The highest BCUT2D eigenvalue weighted by Crippen LogP contribution is 2.28. The third-order valence-corrected chi connectivity index (χ3v) is 8.24. The first-order valence-electron chi connectivity index (χ1n) is 10.5. The van der Waals surface area contributed by atoms with Gasteiger partial charge in [-0.1, -0.05) is 40.9 Å². The lowest BCUT2D eigenvalue weighted by molar-refractivity contribution is -0.116. The Morgan fingerprint density at radius 2 is 1.56 bits per heavy atom. The molecule has 3 aromatic rings. The number of anilines is 3. The lowest BCUT2D eigenvalue weighted by Crippen LogP contribution is -2.31. The molecule has 1 amide bonds. The first kappa shape index (κ1) is 28.1. The molecule has 3 rings (SSSR count). The van der Waals surface area contributed by atoms with Gasteiger partial charge in [-0.2, -0.15) is 0 Å². The molecule has 0 aromatic heterocycles. The standard InChI is InChI=1S/C23H22Cl3N3O5S2/c1-35(31,32)29(19-5-2-4-16(24)14-19)13-3-6-23(30)27-18-8-10-20(11-9-18)36(33,34)28-22-12-7-17(25)15-21(22)26/h2,4-5,7-12,14-15,28H,3,6,13H2,1H3,(H,27,30). The van der Waals surface area contributed by atoms with E-state index in [1.165, 1.54) is 52.8 Å². The molecule has 13 heteroatoms. The van der Waals surface area contributed by atoms with Crippen molar-refractivity contribution in [3.63, 3.8) is 0 Å². The Morgan fingerprint density at radius 3 is 2.17 bits per heavy atom. The van der Waals surface area contributed by atoms with Gasteiger partial charge >= 0.3 is 0 Å². The molecule has 0 spiro atoms. The molecule has 0 fully saturated rings. The minimum absolute atomic E-state index is 0.0307. The summed E-state index contributed by atoms with van der Waals surface area (Å²) in [5.41, 5.74) is 0.980. The molecule has 192 valence electrons. The van der Waals surface area contributed by atoms with Crippen molar-refractivity contribution in [2.45, 2.75) is 17.7 Å². The molecule has 0 aliphatic heterocycles. The van der Waals surface area contributed by atoms with E-state index in [1.54, 1.807) is 18.2 Å². The first-order chi connectivity index (χ1) is 16.8. The van der Waals surface area contributed by atoms with E-state index < -0.39 is 20.0 Å². The number of halogens is 3. The lowest BCUT2D eigenvalue weighted by atomic mass is 10.2. The minimum atomic E-state index is -3.92. The van der Waals surface area contributed by atoms with Crippen LogP contribution in [0.25, 0.3) is 0 Å². The van der Waals surface area contributed by atoms with Crippen molar-refractivity contribution in [2.24, 2.45) is 0 Å². The normalized spacial score (nSPS) is 11.7. The molecule has 0 radical (unpaired) electrons. The molecule has 0 heterocycles. The van der Waals surface area contributed by atoms with Crippen LogP contribution in [0.2, 0.25) is 15.1 Å². The summed E-state index contributed by atoms with van der Waals surface area (Å²) < 4.78 is 53.2. The minimum Gasteiger partial charge on any atom is -0.326 e. The van der Waals surface area contributed by atoms with Gasteiger partial charge in [-0.3, -0.25) is 13.8 Å². The second-order valence-corrected chi connectivity index (χ2v) is 12.6. The van der Waals surface area contributed by atoms with Gasteiger partial charge in [0.25, 0.3) is 10.0 Å². The monoisotopic (exact) mass is 589 g/mol. The van der Waals surface area contributed by atoms with Crippen molar-refractivity contribution in [3.05, 3.63) is 81.8 Å². The summed E-state index contributed by atoms with van der Waals surface area (Å²) in [7, 11) is -7.50. The zero-order valence-corrected chi connectivity index (χ0v) is 22.8. The van der Waals surface area contributed by atoms with Gasteiger partial charge in [0.2, 0.25) is 15.9 Å². The summed E-state index contributed by atoms with van der Waals surface area (Å²) in [5.74, 6) is -0.351. The number of amides is 1. The maximum atomic E-state index is 12.6. The molecule has 0 saturated heterocycles. The lowest BCUT2D eigenvalue weighted by Gasteiger charge is -2.22. The second-order valence-electron chi connectivity index (χ2n) is 7.72. The summed E-state index contributed by atoms with van der Waals surface area (Å²) in [6.07, 6.45) is 1.38. The SMILES string of the molecule is CS(=O)(=O)N(CCCC(=O)Nc1ccc(S(=O)(=O)Nc2ccc(Cl)cc2Cl)cc1)c1cccc(Cl)c1. The predicted molar refractivity (Wildman–Crippen MR) is 145 cm³/mol. The van der Waals surface area contributed by atoms with E-state index in [1.807, 2.05) is 0 Å². The van der Waals surface area contributed by atoms with Crippen molar-refractivity contribution in [1.82, 2.24) is 0 Å². The molecule has 3 aromatic carbocycles. The van der Waals surface area contributed by atoms with Crippen molar-refractivity contribution >= 4 is 77.8 Å². The zero-order valence-electron chi connectivity index (χ0n) is 18.9. The van der Waals surface area contributed by atoms with E-state index >= 15 is 0 Å². The number of nitrogens with one attached hydrogen (secondary N) is 2. The van der Waals surface area contributed by atoms with E-state index in [-0.39, 0.29) is 40.9 Å². The maximum absolute atomic E-state index is 12.6. The number of carbonyl (C=O) groups is 1. The summed E-state index contributed by atoms with van der Waals surface area (Å²) in [5, 5.41) is 3.59. The number of hydrogen-bond donors (Lipinski definition) is 2. The molecule has 0 bridgehead atoms. The fraction of sp³-hybridized carbons (Fsp3) is 0.174. The average Bonchev–Trinajstić information content (AvgIpc) is 2.78. The fourth-order valence-corrected chi connectivity index (χ4v) is 5.95. The summed E-state index contributed by atoms with van der Waals surface area (Å²) >= 11 is 17.8. The number of hydrogen-bond acceptors (Lipinski definition) is 5. The topological polar surface area (TPSA) is 113 Å². The van der Waals surface area contributed by atoms with Gasteiger partial charge in [0, 0.05) is 28.7 Å². The van der Waals surface area contributed by atoms with Crippen LogP contribution in [0.3, 0.4) is 0 Å². The molecule has 8 nitrogen and oxygen atoms in total. The van der Waals surface area contributed by atoms with Crippen LogP contribution in [0.15, 0.2) is 71.6 Å². The fourth-order valence-electron chi connectivity index (χ4n) is 3.22. The third kappa shape index (κ3) is 7.75. The average molecular weight is 591 g/mol. The van der Waals surface area contributed by atoms with Crippen LogP contribution in [0.1, 0.15) is 12.8 Å². The van der Waals surface area contributed by atoms with Gasteiger partial charge in [-0.25, -0.2) is 16.8 Å². The van der Waals surface area contributed by atoms with E-state index in [4.69, 9.17) is 34.8 Å². The maximum Gasteiger partial charge on any atom is 0.261 e. The van der Waals surface area contributed by atoms with Crippen LogP contribution >= 0.6 is 34.8 Å². The van der Waals surface area contributed by atoms with Crippen molar-refractivity contribution in [1.29, 1.82) is 0 Å². The quantitative estimate of drug-likeness (QED) is 0.318. The predicted octanol–water partition coefficient (Wildman–Crippen LogP) is 5.63. The van der Waals surface area contributed by atoms with E-state index in [0.29, 0.717) is 21.4 Å². The van der Waals surface area contributed by atoms with Gasteiger partial charge in [0.1, 0.15) is 0 Å². The largest absolute Gasteiger partial charge is 0.326 e. The molecule has 0 saturated carbocycles.